The maximum atomic E-state index is 14.9. The molecule has 0 aliphatic heterocycles. The number of carbonyl (C=O) groups is 2. The quantitative estimate of drug-likeness (QED) is 0.375. The molecule has 0 fully saturated rings. The molecule has 2 aromatic rings. The van der Waals surface area contributed by atoms with Crippen molar-refractivity contribution in [3.05, 3.63) is 71.1 Å². The number of nitrogens with zero attached hydrogens (tertiary/aromatic N) is 1. The average Bonchev–Trinajstić information content (AvgIpc) is 2.87. The highest BCUT2D eigenvalue weighted by Crippen LogP contribution is 2.43. The Morgan fingerprint density at radius 3 is 2.61 bits per heavy atom. The molecular formula is C25H28F2N2O4. The van der Waals surface area contributed by atoms with Crippen molar-refractivity contribution in [1.29, 1.82) is 0 Å². The van der Waals surface area contributed by atoms with Crippen LogP contribution in [0.3, 0.4) is 0 Å². The Morgan fingerprint density at radius 2 is 1.91 bits per heavy atom. The minimum Gasteiger partial charge on any atom is -0.463 e. The molecule has 0 spiro atoms. The van der Waals surface area contributed by atoms with Gasteiger partial charge in [0.25, 0.3) is 0 Å². The fourth-order valence-corrected chi connectivity index (χ4v) is 3.97. The molecule has 1 amide bonds. The topological polar surface area (TPSA) is 77.5 Å². The van der Waals surface area contributed by atoms with E-state index in [1.807, 2.05) is 0 Å². The molecule has 2 atom stereocenters. The monoisotopic (exact) mass is 458 g/mol. The van der Waals surface area contributed by atoms with Crippen LogP contribution in [-0.2, 0) is 14.3 Å². The lowest BCUT2D eigenvalue weighted by Gasteiger charge is -2.29. The molecule has 0 unspecified atom stereocenters. The van der Waals surface area contributed by atoms with Gasteiger partial charge in [-0.3, -0.25) is 4.98 Å². The Morgan fingerprint density at radius 1 is 1.18 bits per heavy atom. The second-order valence-electron chi connectivity index (χ2n) is 8.77. The normalized spacial score (nSPS) is 19.4. The fraction of sp³-hybridized carbons (Fsp3) is 0.400. The van der Waals surface area contributed by atoms with Crippen LogP contribution >= 0.6 is 0 Å². The van der Waals surface area contributed by atoms with Gasteiger partial charge in [-0.1, -0.05) is 18.2 Å². The number of hydrogen-bond acceptors (Lipinski definition) is 5. The first-order valence-corrected chi connectivity index (χ1v) is 10.9. The summed E-state index contributed by atoms with van der Waals surface area (Å²) in [6.07, 6.45) is 2.91. The van der Waals surface area contributed by atoms with E-state index < -0.39 is 41.3 Å². The van der Waals surface area contributed by atoms with Crippen LogP contribution in [0, 0.1) is 11.6 Å². The van der Waals surface area contributed by atoms with E-state index in [-0.39, 0.29) is 12.2 Å². The lowest BCUT2D eigenvalue weighted by Crippen LogP contribution is -2.37. The second-order valence-corrected chi connectivity index (χ2v) is 8.77. The summed E-state index contributed by atoms with van der Waals surface area (Å²) in [4.78, 5) is 29.3. The Kier molecular flexibility index (Phi) is 7.46. The van der Waals surface area contributed by atoms with Crippen molar-refractivity contribution in [2.75, 3.05) is 6.61 Å². The molecule has 3 rings (SSSR count). The Labute approximate surface area is 192 Å². The van der Waals surface area contributed by atoms with Gasteiger partial charge in [-0.2, -0.15) is 0 Å². The molecule has 0 bridgehead atoms. The molecule has 1 heterocycles. The minimum absolute atomic E-state index is 0.128. The van der Waals surface area contributed by atoms with Crippen LogP contribution < -0.4 is 5.32 Å². The molecule has 8 heteroatoms. The van der Waals surface area contributed by atoms with Gasteiger partial charge in [-0.15, -0.1) is 0 Å². The van der Waals surface area contributed by atoms with Crippen LogP contribution in [0.25, 0.3) is 5.57 Å². The highest BCUT2D eigenvalue weighted by Gasteiger charge is 2.35. The number of esters is 1. The van der Waals surface area contributed by atoms with E-state index in [0.29, 0.717) is 29.7 Å². The number of nitrogens with one attached hydrogen (secondary N) is 1. The fourth-order valence-electron chi connectivity index (χ4n) is 3.97. The molecule has 0 radical (unpaired) electrons. The molecule has 0 saturated heterocycles. The number of hydrogen-bond donors (Lipinski definition) is 1. The van der Waals surface area contributed by atoms with Crippen LogP contribution in [0.4, 0.5) is 13.6 Å². The first kappa shape index (κ1) is 24.4. The molecule has 1 N–H and O–H groups in total. The smallest absolute Gasteiger partial charge is 0.408 e. The summed E-state index contributed by atoms with van der Waals surface area (Å²) >= 11 is 0. The molecule has 1 aromatic heterocycles. The molecule has 6 nitrogen and oxygen atoms in total. The zero-order valence-corrected chi connectivity index (χ0v) is 19.2. The number of allylic oxidation sites excluding steroid dienone is 1. The van der Waals surface area contributed by atoms with Gasteiger partial charge in [0.1, 0.15) is 5.60 Å². The van der Waals surface area contributed by atoms with E-state index >= 15 is 0 Å². The van der Waals surface area contributed by atoms with Crippen LogP contribution in [0.2, 0.25) is 0 Å². The largest absolute Gasteiger partial charge is 0.463 e. The first-order valence-electron chi connectivity index (χ1n) is 10.9. The van der Waals surface area contributed by atoms with Crippen LogP contribution in [0.1, 0.15) is 69.3 Å². The number of benzene rings is 1. The number of alkyl carbamates (subject to hydrolysis) is 1. The van der Waals surface area contributed by atoms with Crippen molar-refractivity contribution in [3.8, 4) is 0 Å². The Balaban J connectivity index is 2.13. The summed E-state index contributed by atoms with van der Waals surface area (Å²) in [5, 5.41) is 2.83. The van der Waals surface area contributed by atoms with Gasteiger partial charge in [-0.05, 0) is 63.8 Å². The molecule has 33 heavy (non-hydrogen) atoms. The highest BCUT2D eigenvalue weighted by atomic mass is 19.2. The predicted molar refractivity (Wildman–Crippen MR) is 119 cm³/mol. The third kappa shape index (κ3) is 5.94. The highest BCUT2D eigenvalue weighted by molar-refractivity contribution is 5.91. The summed E-state index contributed by atoms with van der Waals surface area (Å²) in [7, 11) is 0. The number of fused-ring (bicyclic) bond motifs is 1. The van der Waals surface area contributed by atoms with Crippen LogP contribution in [0.5, 0.6) is 0 Å². The zero-order chi connectivity index (χ0) is 24.2. The summed E-state index contributed by atoms with van der Waals surface area (Å²) in [5.41, 5.74) is 1.04. The van der Waals surface area contributed by atoms with Gasteiger partial charge in [0, 0.05) is 23.8 Å². The van der Waals surface area contributed by atoms with Crippen molar-refractivity contribution >= 4 is 17.6 Å². The van der Waals surface area contributed by atoms with E-state index in [0.717, 1.165) is 6.07 Å². The SMILES string of the molecule is CCOC(=O)C=C1CC[C@@H](c2cccc(F)c2F)[C@H](NC(=O)OC(C)(C)C)c2cccnc21. The molecule has 1 aliphatic carbocycles. The summed E-state index contributed by atoms with van der Waals surface area (Å²) < 4.78 is 39.4. The lowest BCUT2D eigenvalue weighted by molar-refractivity contribution is -0.137. The molecule has 1 aromatic carbocycles. The molecule has 176 valence electrons. The predicted octanol–water partition coefficient (Wildman–Crippen LogP) is 5.45. The molecule has 0 saturated carbocycles. The number of ether oxygens (including phenoxy) is 2. The number of rotatable bonds is 4. The van der Waals surface area contributed by atoms with E-state index in [2.05, 4.69) is 10.3 Å². The van der Waals surface area contributed by atoms with Crippen LogP contribution in [-0.4, -0.2) is 29.3 Å². The van der Waals surface area contributed by atoms with E-state index in [9.17, 15) is 18.4 Å². The maximum Gasteiger partial charge on any atom is 0.408 e. The van der Waals surface area contributed by atoms with Gasteiger partial charge in [0.05, 0.1) is 18.3 Å². The van der Waals surface area contributed by atoms with Gasteiger partial charge in [0.15, 0.2) is 11.6 Å². The van der Waals surface area contributed by atoms with Crippen molar-refractivity contribution in [3.63, 3.8) is 0 Å². The lowest BCUT2D eigenvalue weighted by atomic mass is 9.85. The van der Waals surface area contributed by atoms with Gasteiger partial charge in [-0.25, -0.2) is 18.4 Å². The first-order chi connectivity index (χ1) is 15.6. The minimum atomic E-state index is -0.971. The number of carbonyl (C=O) groups excluding carboxylic acids is 2. The van der Waals surface area contributed by atoms with Crippen molar-refractivity contribution in [2.45, 2.75) is 58.1 Å². The van der Waals surface area contributed by atoms with Gasteiger partial charge in [0.2, 0.25) is 0 Å². The van der Waals surface area contributed by atoms with Crippen molar-refractivity contribution in [2.24, 2.45) is 0 Å². The van der Waals surface area contributed by atoms with E-state index in [1.165, 1.54) is 18.2 Å². The van der Waals surface area contributed by atoms with Crippen LogP contribution in [0.15, 0.2) is 42.6 Å². The van der Waals surface area contributed by atoms with Crippen molar-refractivity contribution in [1.82, 2.24) is 10.3 Å². The number of aromatic nitrogens is 1. The van der Waals surface area contributed by atoms with Gasteiger partial charge >= 0.3 is 12.1 Å². The molecule has 1 aliphatic rings. The third-order valence-electron chi connectivity index (χ3n) is 5.24. The number of halogens is 2. The third-order valence-corrected chi connectivity index (χ3v) is 5.24. The zero-order valence-electron chi connectivity index (χ0n) is 19.2. The second kappa shape index (κ2) is 10.1. The molecular weight excluding hydrogens is 430 g/mol. The Bertz CT molecular complexity index is 1060. The standard InChI is InChI=1S/C25H28F2N2O4/c1-5-32-20(30)14-15-11-12-17(16-8-6-10-19(26)21(16)27)23(18-9-7-13-28-22(15)18)29-24(31)33-25(2,3)4/h6-10,13-14,17,23H,5,11-12H2,1-4H3,(H,29,31)/t17-,23-/m0/s1. The van der Waals surface area contributed by atoms with Crippen molar-refractivity contribution < 1.29 is 27.8 Å². The van der Waals surface area contributed by atoms with E-state index in [1.54, 1.807) is 46.0 Å². The average molecular weight is 459 g/mol. The maximum absolute atomic E-state index is 14.9. The number of pyridine rings is 1. The Hall–Kier alpha value is -3.29. The summed E-state index contributed by atoms with van der Waals surface area (Å²) in [5.74, 6) is -3.09. The summed E-state index contributed by atoms with van der Waals surface area (Å²) in [6, 6.07) is 6.65. The number of amides is 1. The van der Waals surface area contributed by atoms with E-state index in [4.69, 9.17) is 9.47 Å². The summed E-state index contributed by atoms with van der Waals surface area (Å²) in [6.45, 7) is 7.13. The van der Waals surface area contributed by atoms with Gasteiger partial charge < -0.3 is 14.8 Å².